The minimum atomic E-state index is -0.0133. The highest BCUT2D eigenvalue weighted by Gasteiger charge is 2.23. The molecule has 2 amide bonds. The van der Waals surface area contributed by atoms with Crippen molar-refractivity contribution < 1.29 is 9.59 Å². The van der Waals surface area contributed by atoms with Gasteiger partial charge in [-0.3, -0.25) is 9.59 Å². The van der Waals surface area contributed by atoms with Crippen molar-refractivity contribution in [1.82, 2.24) is 10.6 Å². The number of hydrogen-bond donors (Lipinski definition) is 2. The lowest BCUT2D eigenvalue weighted by Crippen LogP contribution is -2.41. The van der Waals surface area contributed by atoms with Crippen LogP contribution in [0.25, 0.3) is 0 Å². The summed E-state index contributed by atoms with van der Waals surface area (Å²) in [7, 11) is 0. The molecule has 2 N–H and O–H groups in total. The van der Waals surface area contributed by atoms with E-state index in [4.69, 9.17) is 0 Å². The van der Waals surface area contributed by atoms with Crippen molar-refractivity contribution in [1.29, 1.82) is 0 Å². The number of anilines is 1. The number of para-hydroxylation sites is 1. The highest BCUT2D eigenvalue weighted by Crippen LogP contribution is 2.27. The first-order valence-corrected chi connectivity index (χ1v) is 8.00. The molecule has 1 heterocycles. The smallest absolute Gasteiger partial charge is 0.227 e. The predicted octanol–water partition coefficient (Wildman–Crippen LogP) is 1.47. The first-order valence-electron chi connectivity index (χ1n) is 8.00. The van der Waals surface area contributed by atoms with E-state index in [9.17, 15) is 9.59 Å². The molecule has 0 bridgehead atoms. The summed E-state index contributed by atoms with van der Waals surface area (Å²) < 4.78 is 0. The van der Waals surface area contributed by atoms with E-state index in [0.29, 0.717) is 25.9 Å². The third-order valence-electron chi connectivity index (χ3n) is 3.91. The van der Waals surface area contributed by atoms with E-state index in [0.717, 1.165) is 18.7 Å². The van der Waals surface area contributed by atoms with Crippen molar-refractivity contribution >= 4 is 17.5 Å². The Hall–Kier alpha value is -1.88. The van der Waals surface area contributed by atoms with Gasteiger partial charge in [-0.1, -0.05) is 25.1 Å². The number of carbonyl (C=O) groups excluding carboxylic acids is 2. The highest BCUT2D eigenvalue weighted by molar-refractivity contribution is 5.96. The summed E-state index contributed by atoms with van der Waals surface area (Å²) in [6, 6.07) is 8.18. The lowest BCUT2D eigenvalue weighted by molar-refractivity contribution is -0.121. The van der Waals surface area contributed by atoms with Crippen LogP contribution in [0, 0.1) is 0 Å². The van der Waals surface area contributed by atoms with Crippen LogP contribution in [0.2, 0.25) is 0 Å². The number of amides is 2. The summed E-state index contributed by atoms with van der Waals surface area (Å²) in [5, 5.41) is 6.15. The van der Waals surface area contributed by atoms with Crippen LogP contribution in [-0.2, 0) is 16.0 Å². The Morgan fingerprint density at radius 1 is 1.32 bits per heavy atom. The number of carbonyl (C=O) groups is 2. The van der Waals surface area contributed by atoms with Crippen molar-refractivity contribution in [3.05, 3.63) is 29.8 Å². The molecule has 0 aromatic heterocycles. The van der Waals surface area contributed by atoms with E-state index in [1.54, 1.807) is 4.90 Å². The van der Waals surface area contributed by atoms with Crippen LogP contribution in [0.4, 0.5) is 5.69 Å². The van der Waals surface area contributed by atoms with Crippen molar-refractivity contribution in [2.45, 2.75) is 39.2 Å². The highest BCUT2D eigenvalue weighted by atomic mass is 16.2. The second kappa shape index (κ2) is 7.94. The van der Waals surface area contributed by atoms with E-state index < -0.39 is 0 Å². The normalized spacial score (nSPS) is 15.4. The average Bonchev–Trinajstić information content (AvgIpc) is 2.52. The van der Waals surface area contributed by atoms with Gasteiger partial charge in [0, 0.05) is 37.7 Å². The van der Waals surface area contributed by atoms with Crippen molar-refractivity contribution in [3.63, 3.8) is 0 Å². The Morgan fingerprint density at radius 2 is 2.09 bits per heavy atom. The van der Waals surface area contributed by atoms with Crippen LogP contribution in [-0.4, -0.2) is 37.5 Å². The minimum absolute atomic E-state index is 0.0133. The van der Waals surface area contributed by atoms with Gasteiger partial charge >= 0.3 is 0 Å². The quantitative estimate of drug-likeness (QED) is 0.802. The van der Waals surface area contributed by atoms with Crippen LogP contribution in [0.1, 0.15) is 32.3 Å². The van der Waals surface area contributed by atoms with Crippen LogP contribution in [0.3, 0.4) is 0 Å². The standard InChI is InChI=1S/C17H25N3O2/c1-3-18-13(2)12-19-16(21)10-11-20-15-7-5-4-6-14(15)8-9-17(20)22/h4-7,13,18H,3,8-12H2,1-2H3,(H,19,21)/t13-/m1/s1. The Morgan fingerprint density at radius 3 is 2.86 bits per heavy atom. The number of benzene rings is 1. The van der Waals surface area contributed by atoms with Gasteiger partial charge in [0.1, 0.15) is 0 Å². The van der Waals surface area contributed by atoms with Crippen molar-refractivity contribution in [2.75, 3.05) is 24.5 Å². The maximum absolute atomic E-state index is 12.1. The molecule has 1 aromatic rings. The number of hydrogen-bond acceptors (Lipinski definition) is 3. The van der Waals surface area contributed by atoms with Gasteiger partial charge in [-0.05, 0) is 31.5 Å². The van der Waals surface area contributed by atoms with Crippen molar-refractivity contribution in [2.24, 2.45) is 0 Å². The molecule has 1 aromatic carbocycles. The molecule has 120 valence electrons. The number of nitrogens with one attached hydrogen (secondary N) is 2. The summed E-state index contributed by atoms with van der Waals surface area (Å²) >= 11 is 0. The minimum Gasteiger partial charge on any atom is -0.354 e. The van der Waals surface area contributed by atoms with E-state index in [-0.39, 0.29) is 17.9 Å². The molecule has 1 aliphatic rings. The Bertz CT molecular complexity index is 530. The maximum atomic E-state index is 12.1. The Labute approximate surface area is 132 Å². The summed E-state index contributed by atoms with van der Waals surface area (Å²) in [6.45, 7) is 6.01. The summed E-state index contributed by atoms with van der Waals surface area (Å²) in [5.74, 6) is 0.0909. The first-order chi connectivity index (χ1) is 10.6. The largest absolute Gasteiger partial charge is 0.354 e. The molecular weight excluding hydrogens is 278 g/mol. The predicted molar refractivity (Wildman–Crippen MR) is 87.9 cm³/mol. The van der Waals surface area contributed by atoms with Gasteiger partial charge in [0.25, 0.3) is 0 Å². The van der Waals surface area contributed by atoms with E-state index in [2.05, 4.69) is 10.6 Å². The molecule has 0 aliphatic carbocycles. The topological polar surface area (TPSA) is 61.4 Å². The van der Waals surface area contributed by atoms with Gasteiger partial charge in [-0.15, -0.1) is 0 Å². The lowest BCUT2D eigenvalue weighted by Gasteiger charge is -2.29. The van der Waals surface area contributed by atoms with Gasteiger partial charge in [0.2, 0.25) is 11.8 Å². The molecule has 1 aliphatic heterocycles. The molecular formula is C17H25N3O2. The molecule has 5 heteroatoms. The van der Waals surface area contributed by atoms with Crippen molar-refractivity contribution in [3.8, 4) is 0 Å². The van der Waals surface area contributed by atoms with Crippen LogP contribution in [0.5, 0.6) is 0 Å². The SMILES string of the molecule is CCN[C@H](C)CNC(=O)CCN1C(=O)CCc2ccccc21. The zero-order chi connectivity index (χ0) is 15.9. The Kier molecular flexibility index (Phi) is 5.95. The fourth-order valence-electron chi connectivity index (χ4n) is 2.73. The molecule has 5 nitrogen and oxygen atoms in total. The van der Waals surface area contributed by atoms with Gasteiger partial charge in [0.15, 0.2) is 0 Å². The zero-order valence-electron chi connectivity index (χ0n) is 13.4. The van der Waals surface area contributed by atoms with Crippen LogP contribution in [0.15, 0.2) is 24.3 Å². The molecule has 0 spiro atoms. The molecule has 0 saturated heterocycles. The fourth-order valence-corrected chi connectivity index (χ4v) is 2.73. The lowest BCUT2D eigenvalue weighted by atomic mass is 10.0. The second-order valence-electron chi connectivity index (χ2n) is 5.69. The number of rotatable bonds is 7. The van der Waals surface area contributed by atoms with Gasteiger partial charge in [-0.2, -0.15) is 0 Å². The third kappa shape index (κ3) is 4.31. The maximum Gasteiger partial charge on any atom is 0.227 e. The first kappa shape index (κ1) is 16.5. The second-order valence-corrected chi connectivity index (χ2v) is 5.69. The fraction of sp³-hybridized carbons (Fsp3) is 0.529. The van der Waals surface area contributed by atoms with E-state index in [1.807, 2.05) is 38.1 Å². The summed E-state index contributed by atoms with van der Waals surface area (Å²) in [6.07, 6.45) is 1.65. The monoisotopic (exact) mass is 303 g/mol. The molecule has 1 atom stereocenters. The van der Waals surface area contributed by atoms with Gasteiger partial charge in [-0.25, -0.2) is 0 Å². The Balaban J connectivity index is 1.86. The summed E-state index contributed by atoms with van der Waals surface area (Å²) in [4.78, 5) is 25.8. The van der Waals surface area contributed by atoms with Crippen LogP contribution < -0.4 is 15.5 Å². The molecule has 0 saturated carbocycles. The van der Waals surface area contributed by atoms with Crippen LogP contribution >= 0.6 is 0 Å². The van der Waals surface area contributed by atoms with E-state index >= 15 is 0 Å². The van der Waals surface area contributed by atoms with Gasteiger partial charge < -0.3 is 15.5 Å². The molecule has 22 heavy (non-hydrogen) atoms. The molecule has 0 fully saturated rings. The zero-order valence-corrected chi connectivity index (χ0v) is 13.4. The molecule has 0 radical (unpaired) electrons. The average molecular weight is 303 g/mol. The number of nitrogens with zero attached hydrogens (tertiary/aromatic N) is 1. The molecule has 2 rings (SSSR count). The summed E-state index contributed by atoms with van der Waals surface area (Å²) in [5.41, 5.74) is 2.14. The third-order valence-corrected chi connectivity index (χ3v) is 3.91. The van der Waals surface area contributed by atoms with E-state index in [1.165, 1.54) is 5.56 Å². The number of aryl methyl sites for hydroxylation is 1. The molecule has 0 unspecified atom stereocenters. The van der Waals surface area contributed by atoms with Gasteiger partial charge in [0.05, 0.1) is 0 Å². The number of likely N-dealkylation sites (N-methyl/N-ethyl adjacent to an activating group) is 1. The number of fused-ring (bicyclic) bond motifs is 1.